The molecule has 0 spiro atoms. The molecule has 0 aliphatic rings. The van der Waals surface area contributed by atoms with Crippen LogP contribution in [0.15, 0.2) is 24.3 Å². The molecule has 0 amide bonds. The molecule has 1 unspecified atom stereocenters. The molecule has 1 atom stereocenters. The Labute approximate surface area is 65.5 Å². The highest BCUT2D eigenvalue weighted by molar-refractivity contribution is 7.80. The molecule has 2 heteroatoms. The number of rotatable bonds is 1. The Hall–Kier alpha value is -0.500. The first-order chi connectivity index (χ1) is 4.72. The molecule has 10 heavy (non-hydrogen) atoms. The van der Waals surface area contributed by atoms with E-state index >= 15 is 0 Å². The van der Waals surface area contributed by atoms with Gasteiger partial charge in [-0.2, -0.15) is 12.6 Å². The van der Waals surface area contributed by atoms with E-state index in [1.165, 1.54) is 6.07 Å². The van der Waals surface area contributed by atoms with Crippen molar-refractivity contribution in [3.63, 3.8) is 0 Å². The summed E-state index contributed by atoms with van der Waals surface area (Å²) in [5.41, 5.74) is 0.658. The molecular weight excluding hydrogens is 147 g/mol. The monoisotopic (exact) mass is 156 g/mol. The van der Waals surface area contributed by atoms with E-state index in [0.29, 0.717) is 5.56 Å². The Morgan fingerprint density at radius 1 is 1.40 bits per heavy atom. The van der Waals surface area contributed by atoms with Crippen LogP contribution in [0.4, 0.5) is 4.39 Å². The topological polar surface area (TPSA) is 0 Å². The van der Waals surface area contributed by atoms with Crippen LogP contribution in [0.5, 0.6) is 0 Å². The molecule has 0 bridgehead atoms. The van der Waals surface area contributed by atoms with Crippen LogP contribution >= 0.6 is 12.6 Å². The van der Waals surface area contributed by atoms with Crippen molar-refractivity contribution in [2.24, 2.45) is 0 Å². The van der Waals surface area contributed by atoms with Crippen LogP contribution in [0.2, 0.25) is 0 Å². The maximum Gasteiger partial charge on any atom is 0.127 e. The highest BCUT2D eigenvalue weighted by Crippen LogP contribution is 2.20. The van der Waals surface area contributed by atoms with E-state index in [2.05, 4.69) is 12.6 Å². The molecule has 0 aromatic heterocycles. The molecule has 0 heterocycles. The zero-order valence-corrected chi connectivity index (χ0v) is 6.61. The number of halogens is 1. The normalized spacial score (nSPS) is 13.1. The van der Waals surface area contributed by atoms with Crippen LogP contribution in [0.3, 0.4) is 0 Å². The van der Waals surface area contributed by atoms with Gasteiger partial charge in [0, 0.05) is 10.8 Å². The van der Waals surface area contributed by atoms with E-state index in [1.54, 1.807) is 12.1 Å². The summed E-state index contributed by atoms with van der Waals surface area (Å²) in [5.74, 6) is -0.176. The van der Waals surface area contributed by atoms with Crippen LogP contribution in [0.25, 0.3) is 0 Å². The van der Waals surface area contributed by atoms with Crippen LogP contribution in [-0.4, -0.2) is 0 Å². The van der Waals surface area contributed by atoms with Gasteiger partial charge in [0.1, 0.15) is 5.82 Å². The molecule has 1 rings (SSSR count). The van der Waals surface area contributed by atoms with Gasteiger partial charge >= 0.3 is 0 Å². The van der Waals surface area contributed by atoms with E-state index in [1.807, 2.05) is 13.0 Å². The fourth-order valence-corrected chi connectivity index (χ4v) is 1.02. The van der Waals surface area contributed by atoms with Gasteiger partial charge in [-0.05, 0) is 13.0 Å². The molecule has 0 radical (unpaired) electrons. The van der Waals surface area contributed by atoms with Gasteiger partial charge in [0.2, 0.25) is 0 Å². The highest BCUT2D eigenvalue weighted by Gasteiger charge is 2.03. The maximum absolute atomic E-state index is 12.8. The molecule has 0 fully saturated rings. The summed E-state index contributed by atoms with van der Waals surface area (Å²) < 4.78 is 12.8. The Morgan fingerprint density at radius 2 is 2.00 bits per heavy atom. The molecule has 0 saturated heterocycles. The molecule has 1 aromatic carbocycles. The molecular formula is C8H9FS. The minimum Gasteiger partial charge on any atom is -0.207 e. The van der Waals surface area contributed by atoms with Crippen LogP contribution in [-0.2, 0) is 0 Å². The van der Waals surface area contributed by atoms with Gasteiger partial charge in [-0.3, -0.25) is 0 Å². The standard InChI is InChI=1S/C8H9FS/c1-6(10)7-4-2-3-5-8(7)9/h2-6,10H,1H3. The van der Waals surface area contributed by atoms with Crippen molar-refractivity contribution in [1.82, 2.24) is 0 Å². The van der Waals surface area contributed by atoms with Crippen molar-refractivity contribution < 1.29 is 4.39 Å². The average Bonchev–Trinajstić information content (AvgIpc) is 1.88. The lowest BCUT2D eigenvalue weighted by Crippen LogP contribution is -1.88. The summed E-state index contributed by atoms with van der Waals surface area (Å²) >= 11 is 4.12. The Balaban J connectivity index is 3.03. The van der Waals surface area contributed by atoms with E-state index in [-0.39, 0.29) is 11.1 Å². The summed E-state index contributed by atoms with van der Waals surface area (Å²) in [7, 11) is 0. The van der Waals surface area contributed by atoms with Crippen molar-refractivity contribution in [3.05, 3.63) is 35.6 Å². The number of hydrogen-bond donors (Lipinski definition) is 1. The van der Waals surface area contributed by atoms with Gasteiger partial charge in [0.15, 0.2) is 0 Å². The molecule has 0 saturated carbocycles. The van der Waals surface area contributed by atoms with Gasteiger partial charge in [0.05, 0.1) is 0 Å². The first-order valence-electron chi connectivity index (χ1n) is 3.14. The van der Waals surface area contributed by atoms with Gasteiger partial charge in [0.25, 0.3) is 0 Å². The second-order valence-electron chi connectivity index (χ2n) is 2.20. The predicted octanol–water partition coefficient (Wildman–Crippen LogP) is 2.82. The third-order valence-electron chi connectivity index (χ3n) is 1.36. The van der Waals surface area contributed by atoms with Gasteiger partial charge in [-0.1, -0.05) is 18.2 Å². The molecule has 0 aliphatic carbocycles. The van der Waals surface area contributed by atoms with Gasteiger partial charge < -0.3 is 0 Å². The first kappa shape index (κ1) is 7.61. The van der Waals surface area contributed by atoms with E-state index in [4.69, 9.17) is 0 Å². The van der Waals surface area contributed by atoms with Crippen molar-refractivity contribution >= 4 is 12.6 Å². The van der Waals surface area contributed by atoms with Crippen molar-refractivity contribution in [3.8, 4) is 0 Å². The average molecular weight is 156 g/mol. The van der Waals surface area contributed by atoms with Gasteiger partial charge in [-0.15, -0.1) is 0 Å². The fourth-order valence-electron chi connectivity index (χ4n) is 0.814. The summed E-state index contributed by atoms with van der Waals surface area (Å²) in [6.07, 6.45) is 0. The summed E-state index contributed by atoms with van der Waals surface area (Å²) in [4.78, 5) is 0. The Kier molecular flexibility index (Phi) is 2.33. The summed E-state index contributed by atoms with van der Waals surface area (Å²) in [5, 5.41) is -0.0267. The molecule has 0 nitrogen and oxygen atoms in total. The van der Waals surface area contributed by atoms with Crippen molar-refractivity contribution in [2.75, 3.05) is 0 Å². The fraction of sp³-hybridized carbons (Fsp3) is 0.250. The van der Waals surface area contributed by atoms with Crippen LogP contribution in [0, 0.1) is 5.82 Å². The lowest BCUT2D eigenvalue weighted by molar-refractivity contribution is 0.611. The third-order valence-corrected chi connectivity index (χ3v) is 1.63. The summed E-state index contributed by atoms with van der Waals surface area (Å²) in [6, 6.07) is 6.68. The van der Waals surface area contributed by atoms with E-state index in [9.17, 15) is 4.39 Å². The Bertz CT molecular complexity index is 220. The van der Waals surface area contributed by atoms with Crippen molar-refractivity contribution in [1.29, 1.82) is 0 Å². The van der Waals surface area contributed by atoms with Crippen LogP contribution in [0.1, 0.15) is 17.7 Å². The van der Waals surface area contributed by atoms with E-state index < -0.39 is 0 Å². The maximum atomic E-state index is 12.8. The number of thiol groups is 1. The number of hydrogen-bond acceptors (Lipinski definition) is 1. The lowest BCUT2D eigenvalue weighted by Gasteiger charge is -2.03. The highest BCUT2D eigenvalue weighted by atomic mass is 32.1. The van der Waals surface area contributed by atoms with Crippen LogP contribution < -0.4 is 0 Å². The second kappa shape index (κ2) is 3.06. The minimum atomic E-state index is -0.176. The minimum absolute atomic E-state index is 0.0267. The third kappa shape index (κ3) is 1.51. The first-order valence-corrected chi connectivity index (χ1v) is 3.66. The lowest BCUT2D eigenvalue weighted by atomic mass is 10.1. The van der Waals surface area contributed by atoms with Crippen molar-refractivity contribution in [2.45, 2.75) is 12.2 Å². The molecule has 0 aliphatic heterocycles. The zero-order valence-electron chi connectivity index (χ0n) is 5.71. The predicted molar refractivity (Wildman–Crippen MR) is 43.8 cm³/mol. The molecule has 0 N–H and O–H groups in total. The molecule has 54 valence electrons. The second-order valence-corrected chi connectivity index (χ2v) is 2.97. The SMILES string of the molecule is CC(S)c1ccccc1F. The quantitative estimate of drug-likeness (QED) is 0.594. The van der Waals surface area contributed by atoms with E-state index in [0.717, 1.165) is 0 Å². The number of benzene rings is 1. The largest absolute Gasteiger partial charge is 0.207 e. The molecule has 1 aromatic rings. The summed E-state index contributed by atoms with van der Waals surface area (Å²) in [6.45, 7) is 1.85. The van der Waals surface area contributed by atoms with Gasteiger partial charge in [-0.25, -0.2) is 4.39 Å². The zero-order chi connectivity index (χ0) is 7.56. The Morgan fingerprint density at radius 3 is 2.40 bits per heavy atom. The smallest absolute Gasteiger partial charge is 0.127 e.